The Morgan fingerprint density at radius 3 is 2.30 bits per heavy atom. The lowest BCUT2D eigenvalue weighted by Gasteiger charge is -2.18. The molecule has 1 aromatic rings. The van der Waals surface area contributed by atoms with Crippen LogP contribution in [0.4, 0.5) is 0 Å². The van der Waals surface area contributed by atoms with Gasteiger partial charge in [0.15, 0.2) is 0 Å². The number of nitrogens with two attached hydrogens (primary N) is 2. The molecule has 1 heterocycles. The number of aliphatic hydroxyl groups excluding tert-OH is 1. The van der Waals surface area contributed by atoms with Crippen molar-refractivity contribution in [3.05, 3.63) is 32.7 Å². The van der Waals surface area contributed by atoms with E-state index >= 15 is 0 Å². The second-order valence-electron chi connectivity index (χ2n) is 4.95. The van der Waals surface area contributed by atoms with E-state index in [1.807, 2.05) is 0 Å². The Bertz CT molecular complexity index is 644. The van der Waals surface area contributed by atoms with E-state index in [0.29, 0.717) is 11.1 Å². The maximum atomic E-state index is 12.4. The molecule has 20 heavy (non-hydrogen) atoms. The first kappa shape index (κ1) is 14.3. The van der Waals surface area contributed by atoms with Gasteiger partial charge in [0.25, 0.3) is 17.4 Å². The van der Waals surface area contributed by atoms with E-state index in [1.165, 1.54) is 0 Å². The number of aliphatic hydroxyl groups is 1. The molecule has 2 rings (SSSR count). The molecule has 5 N–H and O–H groups in total. The summed E-state index contributed by atoms with van der Waals surface area (Å²) < 4.78 is 1.03. The second-order valence-corrected chi connectivity index (χ2v) is 4.95. The van der Waals surface area contributed by atoms with Crippen molar-refractivity contribution >= 4 is 11.8 Å². The summed E-state index contributed by atoms with van der Waals surface area (Å²) in [6.45, 7) is 1.19. The van der Waals surface area contributed by atoms with Crippen molar-refractivity contribution in [2.45, 2.75) is 32.2 Å². The van der Waals surface area contributed by atoms with Crippen LogP contribution in [0.15, 0.2) is 4.79 Å². The molecule has 0 aromatic carbocycles. The Kier molecular flexibility index (Phi) is 3.63. The van der Waals surface area contributed by atoms with E-state index in [9.17, 15) is 14.4 Å². The molecule has 108 valence electrons. The quantitative estimate of drug-likeness (QED) is 0.653. The fourth-order valence-electron chi connectivity index (χ4n) is 2.62. The van der Waals surface area contributed by atoms with Crippen molar-refractivity contribution < 1.29 is 14.7 Å². The number of rotatable bonds is 5. The van der Waals surface area contributed by atoms with Crippen molar-refractivity contribution in [2.24, 2.45) is 11.5 Å². The van der Waals surface area contributed by atoms with Gasteiger partial charge in [0.1, 0.15) is 11.3 Å². The van der Waals surface area contributed by atoms with Crippen molar-refractivity contribution in [1.82, 2.24) is 4.57 Å². The van der Waals surface area contributed by atoms with Crippen LogP contribution in [0, 0.1) is 6.92 Å². The summed E-state index contributed by atoms with van der Waals surface area (Å²) in [7, 11) is 0. The minimum atomic E-state index is -0.817. The minimum Gasteiger partial charge on any atom is -0.395 e. The van der Waals surface area contributed by atoms with Gasteiger partial charge in [-0.2, -0.15) is 0 Å². The number of hydrogen-bond donors (Lipinski definition) is 3. The van der Waals surface area contributed by atoms with Crippen molar-refractivity contribution in [3.8, 4) is 0 Å². The van der Waals surface area contributed by atoms with Crippen LogP contribution in [-0.2, 0) is 6.54 Å². The van der Waals surface area contributed by atoms with E-state index in [1.54, 1.807) is 6.92 Å². The van der Waals surface area contributed by atoms with Crippen molar-refractivity contribution in [3.63, 3.8) is 0 Å². The summed E-state index contributed by atoms with van der Waals surface area (Å²) in [6, 6.07) is 0. The van der Waals surface area contributed by atoms with Gasteiger partial charge in [-0.1, -0.05) is 0 Å². The lowest BCUT2D eigenvalue weighted by molar-refractivity contribution is 0.0975. The molecular formula is C13H17N3O4. The Balaban J connectivity index is 2.86. The summed E-state index contributed by atoms with van der Waals surface area (Å²) >= 11 is 0. The Labute approximate surface area is 115 Å². The van der Waals surface area contributed by atoms with E-state index < -0.39 is 17.4 Å². The average Bonchev–Trinajstić information content (AvgIpc) is 3.16. The molecule has 7 heteroatoms. The van der Waals surface area contributed by atoms with E-state index in [4.69, 9.17) is 16.6 Å². The van der Waals surface area contributed by atoms with Crippen LogP contribution in [0.25, 0.3) is 0 Å². The number of primary amides is 2. The monoisotopic (exact) mass is 279 g/mol. The molecule has 0 radical (unpaired) electrons. The summed E-state index contributed by atoms with van der Waals surface area (Å²) in [5.41, 5.74) is 11.0. The molecule has 0 atom stereocenters. The van der Waals surface area contributed by atoms with Crippen molar-refractivity contribution in [1.29, 1.82) is 0 Å². The van der Waals surface area contributed by atoms with Gasteiger partial charge in [-0.05, 0) is 36.8 Å². The molecule has 1 aliphatic carbocycles. The minimum absolute atomic E-state index is 0.0379. The lowest BCUT2D eigenvalue weighted by atomic mass is 9.96. The van der Waals surface area contributed by atoms with Gasteiger partial charge in [0.05, 0.1) is 6.61 Å². The Morgan fingerprint density at radius 1 is 1.30 bits per heavy atom. The molecule has 2 amide bonds. The molecule has 7 nitrogen and oxygen atoms in total. The zero-order valence-electron chi connectivity index (χ0n) is 11.2. The molecular weight excluding hydrogens is 262 g/mol. The largest absolute Gasteiger partial charge is 0.395 e. The van der Waals surface area contributed by atoms with Gasteiger partial charge in [-0.15, -0.1) is 0 Å². The maximum absolute atomic E-state index is 12.4. The highest BCUT2D eigenvalue weighted by molar-refractivity contribution is 5.98. The van der Waals surface area contributed by atoms with Crippen LogP contribution in [0.3, 0.4) is 0 Å². The standard InChI is InChI=1S/C13H17N3O4/c1-6-8(7-2-3-7)9(11(14)18)13(20)16(4-5-17)10(6)12(15)19/h7,17H,2-5H2,1H3,(H2,14,18)(H2,15,19). The van der Waals surface area contributed by atoms with Gasteiger partial charge in [-0.25, -0.2) is 0 Å². The second kappa shape index (κ2) is 5.09. The average molecular weight is 279 g/mol. The predicted molar refractivity (Wildman–Crippen MR) is 71.5 cm³/mol. The predicted octanol–water partition coefficient (Wildman–Crippen LogP) is -0.776. The van der Waals surface area contributed by atoms with Crippen LogP contribution in [0.1, 0.15) is 50.7 Å². The first-order valence-corrected chi connectivity index (χ1v) is 6.37. The lowest BCUT2D eigenvalue weighted by Crippen LogP contribution is -2.38. The number of nitrogens with zero attached hydrogens (tertiary/aromatic N) is 1. The Hall–Kier alpha value is -2.15. The summed E-state index contributed by atoms with van der Waals surface area (Å²) in [4.78, 5) is 35.6. The fraction of sp³-hybridized carbons (Fsp3) is 0.462. The number of amides is 2. The van der Waals surface area contributed by atoms with Crippen molar-refractivity contribution in [2.75, 3.05) is 6.61 Å². The third-order valence-corrected chi connectivity index (χ3v) is 3.55. The fourth-order valence-corrected chi connectivity index (χ4v) is 2.62. The van der Waals surface area contributed by atoms with Crippen LogP contribution in [-0.4, -0.2) is 28.1 Å². The third kappa shape index (κ3) is 2.20. The highest BCUT2D eigenvalue weighted by Crippen LogP contribution is 2.43. The topological polar surface area (TPSA) is 128 Å². The zero-order chi connectivity index (χ0) is 15.0. The van der Waals surface area contributed by atoms with Gasteiger partial charge >= 0.3 is 0 Å². The van der Waals surface area contributed by atoms with E-state index in [2.05, 4.69) is 0 Å². The molecule has 1 saturated carbocycles. The number of carbonyl (C=O) groups excluding carboxylic acids is 2. The number of aromatic nitrogens is 1. The summed E-state index contributed by atoms with van der Waals surface area (Å²) in [5, 5.41) is 9.03. The maximum Gasteiger partial charge on any atom is 0.265 e. The summed E-state index contributed by atoms with van der Waals surface area (Å²) in [6.07, 6.45) is 1.70. The smallest absolute Gasteiger partial charge is 0.265 e. The molecule has 0 spiro atoms. The summed E-state index contributed by atoms with van der Waals surface area (Å²) in [5.74, 6) is -1.50. The molecule has 0 aliphatic heterocycles. The van der Waals surface area contributed by atoms with Crippen LogP contribution < -0.4 is 17.0 Å². The number of pyridine rings is 1. The van der Waals surface area contributed by atoms with Gasteiger partial charge < -0.3 is 21.1 Å². The Morgan fingerprint density at radius 2 is 1.90 bits per heavy atom. The third-order valence-electron chi connectivity index (χ3n) is 3.55. The molecule has 1 fully saturated rings. The van der Waals surface area contributed by atoms with Gasteiger partial charge in [0, 0.05) is 6.54 Å². The number of hydrogen-bond acceptors (Lipinski definition) is 4. The molecule has 0 saturated heterocycles. The first-order valence-electron chi connectivity index (χ1n) is 6.37. The van der Waals surface area contributed by atoms with Gasteiger partial charge in [-0.3, -0.25) is 14.4 Å². The molecule has 1 aromatic heterocycles. The first-order chi connectivity index (χ1) is 9.40. The highest BCUT2D eigenvalue weighted by atomic mass is 16.3. The van der Waals surface area contributed by atoms with Crippen LogP contribution in [0.2, 0.25) is 0 Å². The van der Waals surface area contributed by atoms with E-state index in [0.717, 1.165) is 17.4 Å². The van der Waals surface area contributed by atoms with Crippen LogP contribution >= 0.6 is 0 Å². The molecule has 0 unspecified atom stereocenters. The molecule has 0 bridgehead atoms. The molecule has 1 aliphatic rings. The van der Waals surface area contributed by atoms with E-state index in [-0.39, 0.29) is 30.3 Å². The van der Waals surface area contributed by atoms with Gasteiger partial charge in [0.2, 0.25) is 0 Å². The van der Waals surface area contributed by atoms with Crippen LogP contribution in [0.5, 0.6) is 0 Å². The normalized spacial score (nSPS) is 14.3. The highest BCUT2D eigenvalue weighted by Gasteiger charge is 2.34. The number of carbonyl (C=O) groups is 2. The zero-order valence-corrected chi connectivity index (χ0v) is 11.2. The SMILES string of the molecule is Cc1c(C2CC2)c(C(N)=O)c(=O)n(CCO)c1C(N)=O.